The van der Waals surface area contributed by atoms with Crippen molar-refractivity contribution in [1.82, 2.24) is 9.80 Å². The highest BCUT2D eigenvalue weighted by Crippen LogP contribution is 2.32. The quantitative estimate of drug-likeness (QED) is 0.743. The highest BCUT2D eigenvalue weighted by Gasteiger charge is 2.26. The maximum Gasteiger partial charge on any atom is 0.306 e. The molecule has 0 N–H and O–H groups in total. The molecule has 0 unspecified atom stereocenters. The Kier molecular flexibility index (Phi) is 5.06. The van der Waals surface area contributed by atoms with Gasteiger partial charge in [-0.05, 0) is 18.2 Å². The third-order valence-electron chi connectivity index (χ3n) is 4.31. The van der Waals surface area contributed by atoms with Gasteiger partial charge in [-0.2, -0.15) is 0 Å². The molecule has 0 aromatic heterocycles. The van der Waals surface area contributed by atoms with E-state index in [1.54, 1.807) is 28.0 Å². The summed E-state index contributed by atoms with van der Waals surface area (Å²) in [5, 5.41) is 0. The van der Waals surface area contributed by atoms with E-state index in [2.05, 4.69) is 4.74 Å². The van der Waals surface area contributed by atoms with Crippen molar-refractivity contribution in [3.05, 3.63) is 23.8 Å². The summed E-state index contributed by atoms with van der Waals surface area (Å²) >= 11 is 0. The van der Waals surface area contributed by atoms with E-state index in [9.17, 15) is 14.4 Å². The van der Waals surface area contributed by atoms with E-state index in [0.717, 1.165) is 0 Å². The van der Waals surface area contributed by atoms with Crippen LogP contribution in [0.4, 0.5) is 0 Å². The second kappa shape index (κ2) is 7.42. The van der Waals surface area contributed by atoms with Gasteiger partial charge in [-0.15, -0.1) is 0 Å². The molecule has 0 radical (unpaired) electrons. The molecular formula is C17H20N2O6. The van der Waals surface area contributed by atoms with Crippen molar-refractivity contribution < 1.29 is 28.6 Å². The van der Waals surface area contributed by atoms with Gasteiger partial charge in [-0.25, -0.2) is 0 Å². The number of rotatable bonds is 4. The number of benzene rings is 1. The summed E-state index contributed by atoms with van der Waals surface area (Å²) in [6.45, 7) is 1.99. The highest BCUT2D eigenvalue weighted by molar-refractivity contribution is 5.95. The lowest BCUT2D eigenvalue weighted by molar-refractivity contribution is -0.143. The number of hydrogen-bond acceptors (Lipinski definition) is 6. The van der Waals surface area contributed by atoms with Gasteiger partial charge < -0.3 is 24.0 Å². The minimum atomic E-state index is -0.398. The second-order valence-corrected chi connectivity index (χ2v) is 5.82. The Morgan fingerprint density at radius 2 is 1.68 bits per heavy atom. The van der Waals surface area contributed by atoms with Gasteiger partial charge in [-0.1, -0.05) is 0 Å². The number of carbonyl (C=O) groups is 3. The smallest absolute Gasteiger partial charge is 0.306 e. The molecule has 1 fully saturated rings. The molecule has 0 aliphatic carbocycles. The van der Waals surface area contributed by atoms with Crippen LogP contribution in [0, 0.1) is 0 Å². The lowest BCUT2D eigenvalue weighted by Gasteiger charge is -2.34. The van der Waals surface area contributed by atoms with E-state index in [1.165, 1.54) is 7.11 Å². The molecule has 0 atom stereocenters. The molecule has 1 saturated heterocycles. The highest BCUT2D eigenvalue weighted by atomic mass is 16.7. The first-order valence-electron chi connectivity index (χ1n) is 8.12. The number of carbonyl (C=O) groups excluding carboxylic acids is 3. The molecule has 2 amide bonds. The Morgan fingerprint density at radius 1 is 1.00 bits per heavy atom. The van der Waals surface area contributed by atoms with Crippen LogP contribution < -0.4 is 9.47 Å². The van der Waals surface area contributed by atoms with Gasteiger partial charge in [0.1, 0.15) is 0 Å². The number of esters is 1. The normalized spacial score (nSPS) is 15.9. The van der Waals surface area contributed by atoms with Crippen LogP contribution in [-0.2, 0) is 14.3 Å². The first-order chi connectivity index (χ1) is 12.1. The fourth-order valence-corrected chi connectivity index (χ4v) is 2.84. The van der Waals surface area contributed by atoms with E-state index in [0.29, 0.717) is 43.2 Å². The monoisotopic (exact) mass is 348 g/mol. The Morgan fingerprint density at radius 3 is 2.40 bits per heavy atom. The SMILES string of the molecule is COC(=O)CCC(=O)N1CCN(C(=O)c2ccc3c(c2)OCO3)CC1. The Hall–Kier alpha value is -2.77. The van der Waals surface area contributed by atoms with Crippen molar-refractivity contribution in [2.75, 3.05) is 40.1 Å². The van der Waals surface area contributed by atoms with Crippen LogP contribution in [0.1, 0.15) is 23.2 Å². The second-order valence-electron chi connectivity index (χ2n) is 5.82. The number of hydrogen-bond donors (Lipinski definition) is 0. The molecule has 0 saturated carbocycles. The van der Waals surface area contributed by atoms with Crippen LogP contribution in [-0.4, -0.2) is 67.7 Å². The fraction of sp³-hybridized carbons (Fsp3) is 0.471. The molecule has 2 aliphatic rings. The van der Waals surface area contributed by atoms with Crippen molar-refractivity contribution in [2.45, 2.75) is 12.8 Å². The zero-order valence-corrected chi connectivity index (χ0v) is 14.0. The van der Waals surface area contributed by atoms with E-state index in [4.69, 9.17) is 9.47 Å². The standard InChI is InChI=1S/C17H20N2O6/c1-23-16(21)5-4-15(20)18-6-8-19(9-7-18)17(22)12-2-3-13-14(10-12)25-11-24-13/h2-3,10H,4-9,11H2,1H3. The number of fused-ring (bicyclic) bond motifs is 1. The third kappa shape index (κ3) is 3.84. The molecule has 134 valence electrons. The Balaban J connectivity index is 1.52. The minimum absolute atomic E-state index is 0.0751. The summed E-state index contributed by atoms with van der Waals surface area (Å²) < 4.78 is 15.1. The van der Waals surface area contributed by atoms with E-state index in [-0.39, 0.29) is 31.4 Å². The van der Waals surface area contributed by atoms with Crippen LogP contribution in [0.25, 0.3) is 0 Å². The van der Waals surface area contributed by atoms with E-state index >= 15 is 0 Å². The predicted octanol–water partition coefficient (Wildman–Crippen LogP) is 0.653. The first kappa shape index (κ1) is 17.1. The molecule has 25 heavy (non-hydrogen) atoms. The topological polar surface area (TPSA) is 85.4 Å². The number of amides is 2. The maximum absolute atomic E-state index is 12.6. The molecule has 1 aromatic rings. The summed E-state index contributed by atoms with van der Waals surface area (Å²) in [7, 11) is 1.30. The lowest BCUT2D eigenvalue weighted by Crippen LogP contribution is -2.50. The zero-order valence-electron chi connectivity index (χ0n) is 14.0. The van der Waals surface area contributed by atoms with Crippen LogP contribution in [0.15, 0.2) is 18.2 Å². The summed E-state index contributed by atoms with van der Waals surface area (Å²) in [6, 6.07) is 5.12. The van der Waals surface area contributed by atoms with Gasteiger partial charge in [0, 0.05) is 38.2 Å². The van der Waals surface area contributed by atoms with Gasteiger partial charge in [0.25, 0.3) is 5.91 Å². The van der Waals surface area contributed by atoms with E-state index < -0.39 is 5.97 Å². The number of methoxy groups -OCH3 is 1. The van der Waals surface area contributed by atoms with E-state index in [1.807, 2.05) is 0 Å². The molecule has 2 aliphatic heterocycles. The van der Waals surface area contributed by atoms with Gasteiger partial charge in [0.05, 0.1) is 13.5 Å². The lowest BCUT2D eigenvalue weighted by atomic mass is 10.1. The summed E-state index contributed by atoms with van der Waals surface area (Å²) in [5.74, 6) is 0.616. The predicted molar refractivity (Wildman–Crippen MR) is 86.3 cm³/mol. The summed E-state index contributed by atoms with van der Waals surface area (Å²) in [6.07, 6.45) is 0.203. The fourth-order valence-electron chi connectivity index (χ4n) is 2.84. The number of piperazine rings is 1. The van der Waals surface area contributed by atoms with Crippen molar-refractivity contribution in [2.24, 2.45) is 0 Å². The molecule has 1 aromatic carbocycles. The minimum Gasteiger partial charge on any atom is -0.469 e. The number of nitrogens with zero attached hydrogens (tertiary/aromatic N) is 2. The molecule has 0 spiro atoms. The number of ether oxygens (including phenoxy) is 3. The molecule has 3 rings (SSSR count). The van der Waals surface area contributed by atoms with Crippen molar-refractivity contribution >= 4 is 17.8 Å². The molecule has 8 nitrogen and oxygen atoms in total. The van der Waals surface area contributed by atoms with Gasteiger partial charge in [0.15, 0.2) is 11.5 Å². The van der Waals surface area contributed by atoms with Crippen molar-refractivity contribution in [3.63, 3.8) is 0 Å². The molecular weight excluding hydrogens is 328 g/mol. The first-order valence-corrected chi connectivity index (χ1v) is 8.12. The van der Waals surface area contributed by atoms with Gasteiger partial charge >= 0.3 is 5.97 Å². The zero-order chi connectivity index (χ0) is 17.8. The van der Waals surface area contributed by atoms with Crippen LogP contribution in [0.2, 0.25) is 0 Å². The third-order valence-corrected chi connectivity index (χ3v) is 4.31. The van der Waals surface area contributed by atoms with Crippen LogP contribution >= 0.6 is 0 Å². The maximum atomic E-state index is 12.6. The summed E-state index contributed by atoms with van der Waals surface area (Å²) in [5.41, 5.74) is 0.537. The molecule has 0 bridgehead atoms. The van der Waals surface area contributed by atoms with Crippen LogP contribution in [0.3, 0.4) is 0 Å². The largest absolute Gasteiger partial charge is 0.469 e. The average Bonchev–Trinajstić information content (AvgIpc) is 3.13. The van der Waals surface area contributed by atoms with Gasteiger partial charge in [-0.3, -0.25) is 14.4 Å². The molecule has 8 heteroatoms. The average molecular weight is 348 g/mol. The summed E-state index contributed by atoms with van der Waals surface area (Å²) in [4.78, 5) is 39.2. The molecule has 2 heterocycles. The van der Waals surface area contributed by atoms with Crippen molar-refractivity contribution in [1.29, 1.82) is 0 Å². The Labute approximate surface area is 145 Å². The van der Waals surface area contributed by atoms with Crippen molar-refractivity contribution in [3.8, 4) is 11.5 Å². The Bertz CT molecular complexity index is 682. The van der Waals surface area contributed by atoms with Gasteiger partial charge in [0.2, 0.25) is 12.7 Å². The van der Waals surface area contributed by atoms with Crippen LogP contribution in [0.5, 0.6) is 11.5 Å².